The number of benzene rings is 1. The van der Waals surface area contributed by atoms with Gasteiger partial charge >= 0.3 is 5.97 Å². The number of nitrogens with one attached hydrogen (secondary N) is 1. The Morgan fingerprint density at radius 2 is 2.00 bits per heavy atom. The van der Waals surface area contributed by atoms with E-state index in [1.807, 2.05) is 0 Å². The number of nitrogens with two attached hydrogens (primary N) is 1. The van der Waals surface area contributed by atoms with Gasteiger partial charge in [0, 0.05) is 12.1 Å². The Bertz CT molecular complexity index is 723. The van der Waals surface area contributed by atoms with Gasteiger partial charge in [0.05, 0.1) is 10.3 Å². The third kappa shape index (κ3) is 3.28. The standard InChI is InChI=1S/C14H18N2O5S/c1-9-3-4-10(7-11(9)22(15,20)21)16-12(17)8-14(13(18)19)5-2-6-14/h3-4,7H,2,5-6,8H2,1H3,(H,16,17)(H,18,19)(H2,15,20,21). The van der Waals surface area contributed by atoms with Gasteiger partial charge in [0.1, 0.15) is 0 Å². The van der Waals surface area contributed by atoms with E-state index in [0.29, 0.717) is 18.4 Å². The van der Waals surface area contributed by atoms with E-state index >= 15 is 0 Å². The van der Waals surface area contributed by atoms with E-state index in [-0.39, 0.29) is 17.0 Å². The average Bonchev–Trinajstić information content (AvgIpc) is 2.34. The number of carbonyl (C=O) groups is 2. The number of carboxylic acids is 1. The number of primary sulfonamides is 1. The molecule has 22 heavy (non-hydrogen) atoms. The zero-order valence-electron chi connectivity index (χ0n) is 12.1. The highest BCUT2D eigenvalue weighted by Gasteiger charge is 2.45. The zero-order chi connectivity index (χ0) is 16.5. The van der Waals surface area contributed by atoms with Crippen molar-refractivity contribution in [3.63, 3.8) is 0 Å². The Labute approximate surface area is 128 Å². The maximum Gasteiger partial charge on any atom is 0.310 e. The van der Waals surface area contributed by atoms with Gasteiger partial charge < -0.3 is 10.4 Å². The van der Waals surface area contributed by atoms with Crippen molar-refractivity contribution in [2.45, 2.75) is 37.5 Å². The summed E-state index contributed by atoms with van der Waals surface area (Å²) in [6, 6.07) is 4.36. The van der Waals surface area contributed by atoms with Gasteiger partial charge in [-0.1, -0.05) is 12.5 Å². The van der Waals surface area contributed by atoms with Gasteiger partial charge in [-0.3, -0.25) is 9.59 Å². The van der Waals surface area contributed by atoms with Gasteiger partial charge in [0.25, 0.3) is 0 Å². The molecule has 0 spiro atoms. The second-order valence-corrected chi connectivity index (χ2v) is 7.22. The minimum Gasteiger partial charge on any atom is -0.481 e. The molecule has 1 aliphatic rings. The normalized spacial score (nSPS) is 16.6. The van der Waals surface area contributed by atoms with Crippen LogP contribution in [0.15, 0.2) is 23.1 Å². The van der Waals surface area contributed by atoms with Gasteiger partial charge in [0.2, 0.25) is 15.9 Å². The van der Waals surface area contributed by atoms with Crippen molar-refractivity contribution in [1.82, 2.24) is 0 Å². The fraction of sp³-hybridized carbons (Fsp3) is 0.429. The molecule has 0 heterocycles. The van der Waals surface area contributed by atoms with Crippen LogP contribution in [-0.2, 0) is 19.6 Å². The van der Waals surface area contributed by atoms with Gasteiger partial charge in [-0.15, -0.1) is 0 Å². The number of hydrogen-bond acceptors (Lipinski definition) is 4. The Morgan fingerprint density at radius 1 is 1.36 bits per heavy atom. The molecule has 0 radical (unpaired) electrons. The molecule has 0 aliphatic heterocycles. The molecule has 1 fully saturated rings. The minimum absolute atomic E-state index is 0.0677. The van der Waals surface area contributed by atoms with Crippen molar-refractivity contribution >= 4 is 27.6 Å². The maximum absolute atomic E-state index is 12.0. The van der Waals surface area contributed by atoms with Crippen molar-refractivity contribution in [3.05, 3.63) is 23.8 Å². The molecule has 1 aliphatic carbocycles. The monoisotopic (exact) mass is 326 g/mol. The number of carboxylic acid groups (broad SMARTS) is 1. The molecular weight excluding hydrogens is 308 g/mol. The van der Waals surface area contributed by atoms with Crippen molar-refractivity contribution in [3.8, 4) is 0 Å². The predicted octanol–water partition coefficient (Wildman–Crippen LogP) is 1.23. The molecule has 0 saturated heterocycles. The molecule has 4 N–H and O–H groups in total. The van der Waals surface area contributed by atoms with Crippen molar-refractivity contribution in [1.29, 1.82) is 0 Å². The summed E-state index contributed by atoms with van der Waals surface area (Å²) >= 11 is 0. The van der Waals surface area contributed by atoms with Crippen LogP contribution >= 0.6 is 0 Å². The Morgan fingerprint density at radius 3 is 2.45 bits per heavy atom. The van der Waals surface area contributed by atoms with Crippen molar-refractivity contribution < 1.29 is 23.1 Å². The van der Waals surface area contributed by atoms with E-state index in [0.717, 1.165) is 6.42 Å². The topological polar surface area (TPSA) is 127 Å². The van der Waals surface area contributed by atoms with Crippen LogP contribution in [0.1, 0.15) is 31.2 Å². The molecule has 1 amide bonds. The second kappa shape index (κ2) is 5.69. The Balaban J connectivity index is 2.14. The first-order valence-electron chi connectivity index (χ1n) is 6.81. The lowest BCUT2D eigenvalue weighted by atomic mass is 9.66. The number of rotatable bonds is 5. The molecule has 0 bridgehead atoms. The largest absolute Gasteiger partial charge is 0.481 e. The number of hydrogen-bond donors (Lipinski definition) is 3. The molecule has 7 nitrogen and oxygen atoms in total. The molecule has 1 aromatic carbocycles. The van der Waals surface area contributed by atoms with E-state index in [9.17, 15) is 23.1 Å². The molecule has 0 unspecified atom stereocenters. The van der Waals surface area contributed by atoms with Gasteiger partial charge in [-0.2, -0.15) is 0 Å². The SMILES string of the molecule is Cc1ccc(NC(=O)CC2(C(=O)O)CCC2)cc1S(N)(=O)=O. The molecule has 0 atom stereocenters. The van der Waals surface area contributed by atoms with E-state index in [4.69, 9.17) is 5.14 Å². The number of aryl methyl sites for hydroxylation is 1. The lowest BCUT2D eigenvalue weighted by Gasteiger charge is -2.36. The number of aliphatic carboxylic acids is 1. The highest BCUT2D eigenvalue weighted by molar-refractivity contribution is 7.89. The second-order valence-electron chi connectivity index (χ2n) is 5.69. The summed E-state index contributed by atoms with van der Waals surface area (Å²) in [7, 11) is -3.88. The van der Waals surface area contributed by atoms with Crippen molar-refractivity contribution in [2.24, 2.45) is 10.6 Å². The van der Waals surface area contributed by atoms with Gasteiger partial charge in [-0.05, 0) is 37.5 Å². The van der Waals surface area contributed by atoms with Gasteiger partial charge in [-0.25, -0.2) is 13.6 Å². The fourth-order valence-electron chi connectivity index (χ4n) is 2.57. The van der Waals surface area contributed by atoms with Crippen LogP contribution in [0.25, 0.3) is 0 Å². The van der Waals surface area contributed by atoms with Crippen LogP contribution in [-0.4, -0.2) is 25.4 Å². The number of anilines is 1. The fourth-order valence-corrected chi connectivity index (χ4v) is 3.37. The molecule has 120 valence electrons. The first kappa shape index (κ1) is 16.4. The quantitative estimate of drug-likeness (QED) is 0.750. The number of carbonyl (C=O) groups excluding carboxylic acids is 1. The van der Waals surface area contributed by atoms with Crippen molar-refractivity contribution in [2.75, 3.05) is 5.32 Å². The molecule has 1 aromatic rings. The highest BCUT2D eigenvalue weighted by Crippen LogP contribution is 2.44. The lowest BCUT2D eigenvalue weighted by Crippen LogP contribution is -2.41. The van der Waals surface area contributed by atoms with Gasteiger partial charge in [0.15, 0.2) is 0 Å². The van der Waals surface area contributed by atoms with E-state index in [1.54, 1.807) is 13.0 Å². The molecule has 1 saturated carbocycles. The third-order valence-corrected chi connectivity index (χ3v) is 5.09. The van der Waals surface area contributed by atoms with Crippen LogP contribution in [0.2, 0.25) is 0 Å². The summed E-state index contributed by atoms with van der Waals surface area (Å²) in [4.78, 5) is 23.2. The first-order chi connectivity index (χ1) is 10.1. The van der Waals surface area contributed by atoms with E-state index < -0.39 is 27.3 Å². The lowest BCUT2D eigenvalue weighted by molar-refractivity contribution is -0.157. The summed E-state index contributed by atoms with van der Waals surface area (Å²) in [5, 5.41) is 16.9. The van der Waals surface area contributed by atoms with Crippen LogP contribution in [0, 0.1) is 12.3 Å². The highest BCUT2D eigenvalue weighted by atomic mass is 32.2. The zero-order valence-corrected chi connectivity index (χ0v) is 12.9. The summed E-state index contributed by atoms with van der Waals surface area (Å²) in [6.07, 6.45) is 1.62. The Kier molecular flexibility index (Phi) is 4.25. The summed E-state index contributed by atoms with van der Waals surface area (Å²) in [6.45, 7) is 1.60. The Hall–Kier alpha value is -1.93. The molecular formula is C14H18N2O5S. The predicted molar refractivity (Wildman–Crippen MR) is 79.7 cm³/mol. The smallest absolute Gasteiger partial charge is 0.310 e. The van der Waals surface area contributed by atoms with Crippen LogP contribution < -0.4 is 10.5 Å². The van der Waals surface area contributed by atoms with Crippen LogP contribution in [0.3, 0.4) is 0 Å². The number of sulfonamides is 1. The molecule has 2 rings (SSSR count). The van der Waals surface area contributed by atoms with E-state index in [1.165, 1.54) is 12.1 Å². The first-order valence-corrected chi connectivity index (χ1v) is 8.35. The van der Waals surface area contributed by atoms with Crippen LogP contribution in [0.4, 0.5) is 5.69 Å². The summed E-state index contributed by atoms with van der Waals surface area (Å²) in [5.74, 6) is -1.42. The molecule has 0 aromatic heterocycles. The van der Waals surface area contributed by atoms with Crippen LogP contribution in [0.5, 0.6) is 0 Å². The minimum atomic E-state index is -3.88. The van der Waals surface area contributed by atoms with E-state index in [2.05, 4.69) is 5.32 Å². The third-order valence-electron chi connectivity index (χ3n) is 4.04. The molecule has 8 heteroatoms. The average molecular weight is 326 g/mol. The maximum atomic E-state index is 12.0. The number of amides is 1. The summed E-state index contributed by atoms with van der Waals surface area (Å²) < 4.78 is 22.9. The summed E-state index contributed by atoms with van der Waals surface area (Å²) in [5.41, 5.74) is -0.238.